The average molecular weight is 443 g/mol. The molecular weight excluding hydrogens is 412 g/mol. The highest BCUT2D eigenvalue weighted by molar-refractivity contribution is 7.89. The Morgan fingerprint density at radius 2 is 1.74 bits per heavy atom. The van der Waals surface area contributed by atoms with E-state index in [2.05, 4.69) is 5.32 Å². The molecule has 2 aromatic carbocycles. The number of sulfonamides is 1. The highest BCUT2D eigenvalue weighted by atomic mass is 32.2. The second kappa shape index (κ2) is 9.10. The van der Waals surface area contributed by atoms with Crippen molar-refractivity contribution in [3.8, 4) is 0 Å². The lowest BCUT2D eigenvalue weighted by atomic mass is 10.0. The number of rotatable bonds is 5. The van der Waals surface area contributed by atoms with Gasteiger partial charge in [-0.15, -0.1) is 0 Å². The molecule has 1 amide bonds. The van der Waals surface area contributed by atoms with E-state index in [0.29, 0.717) is 24.9 Å². The molecule has 2 aliphatic rings. The first-order chi connectivity index (χ1) is 14.8. The Labute approximate surface area is 184 Å². The molecule has 0 radical (unpaired) electrons. The Hall–Kier alpha value is -2.22. The summed E-state index contributed by atoms with van der Waals surface area (Å²) in [5.41, 5.74) is 2.24. The topological polar surface area (TPSA) is 86.7 Å². The zero-order valence-corrected chi connectivity index (χ0v) is 18.6. The van der Waals surface area contributed by atoms with E-state index in [1.165, 1.54) is 0 Å². The summed E-state index contributed by atoms with van der Waals surface area (Å²) in [7, 11) is -3.48. The zero-order valence-electron chi connectivity index (χ0n) is 17.8. The average Bonchev–Trinajstić information content (AvgIpc) is 3.16. The number of aliphatic hydroxyl groups is 1. The van der Waals surface area contributed by atoms with Gasteiger partial charge in [-0.1, -0.05) is 42.5 Å². The van der Waals surface area contributed by atoms with Crippen molar-refractivity contribution in [1.29, 1.82) is 0 Å². The number of benzene rings is 2. The fourth-order valence-electron chi connectivity index (χ4n) is 4.65. The van der Waals surface area contributed by atoms with Crippen LogP contribution in [0.15, 0.2) is 54.6 Å². The second-order valence-corrected chi connectivity index (χ2v) is 10.8. The van der Waals surface area contributed by atoms with Crippen LogP contribution in [0.25, 0.3) is 0 Å². The summed E-state index contributed by atoms with van der Waals surface area (Å²) in [5.74, 6) is -0.159. The predicted molar refractivity (Wildman–Crippen MR) is 120 cm³/mol. The highest BCUT2D eigenvalue weighted by Crippen LogP contribution is 2.38. The quantitative estimate of drug-likeness (QED) is 0.743. The minimum Gasteiger partial charge on any atom is -0.393 e. The van der Waals surface area contributed by atoms with Crippen molar-refractivity contribution in [3.63, 3.8) is 0 Å². The first-order valence-electron chi connectivity index (χ1n) is 11.0. The second-order valence-electron chi connectivity index (χ2n) is 8.75. The first-order valence-corrected chi connectivity index (χ1v) is 12.5. The molecule has 3 unspecified atom stereocenters. The Kier molecular flexibility index (Phi) is 6.46. The minimum atomic E-state index is -3.48. The van der Waals surface area contributed by atoms with Gasteiger partial charge in [-0.3, -0.25) is 4.79 Å². The molecule has 2 fully saturated rings. The van der Waals surface area contributed by atoms with Crippen molar-refractivity contribution in [2.75, 3.05) is 0 Å². The molecular formula is C24H30N2O4S. The van der Waals surface area contributed by atoms with Gasteiger partial charge in [0.15, 0.2) is 0 Å². The molecule has 2 N–H and O–H groups in total. The monoisotopic (exact) mass is 442 g/mol. The lowest BCUT2D eigenvalue weighted by molar-refractivity contribution is 0.0934. The number of hydrogen-bond donors (Lipinski definition) is 2. The maximum absolute atomic E-state index is 13.4. The molecule has 7 heteroatoms. The maximum atomic E-state index is 13.4. The summed E-state index contributed by atoms with van der Waals surface area (Å²) < 4.78 is 28.3. The summed E-state index contributed by atoms with van der Waals surface area (Å²) in [5, 5.41) is 12.1. The normalized spacial score (nSPS) is 28.3. The number of hydrogen-bond acceptors (Lipinski definition) is 4. The molecule has 0 aromatic heterocycles. The summed E-state index contributed by atoms with van der Waals surface area (Å²) in [4.78, 5) is 12.5. The van der Waals surface area contributed by atoms with Crippen LogP contribution in [0, 0.1) is 0 Å². The summed E-state index contributed by atoms with van der Waals surface area (Å²) in [6.07, 6.45) is 3.21. The highest BCUT2D eigenvalue weighted by Gasteiger charge is 2.40. The number of aliphatic hydroxyl groups excluding tert-OH is 1. The Morgan fingerprint density at radius 3 is 2.39 bits per heavy atom. The molecule has 2 aromatic rings. The van der Waals surface area contributed by atoms with Gasteiger partial charge in [0.2, 0.25) is 10.0 Å². The van der Waals surface area contributed by atoms with Gasteiger partial charge >= 0.3 is 0 Å². The van der Waals surface area contributed by atoms with Gasteiger partial charge in [-0.25, -0.2) is 8.42 Å². The molecule has 1 saturated heterocycles. The molecule has 1 saturated carbocycles. The van der Waals surface area contributed by atoms with E-state index in [1.807, 2.05) is 49.4 Å². The summed E-state index contributed by atoms with van der Waals surface area (Å²) in [6.45, 7) is 2.25. The van der Waals surface area contributed by atoms with E-state index >= 15 is 0 Å². The van der Waals surface area contributed by atoms with Crippen molar-refractivity contribution in [3.05, 3.63) is 71.3 Å². The number of carbonyl (C=O) groups excluding carboxylic acids is 1. The van der Waals surface area contributed by atoms with Gasteiger partial charge in [-0.2, -0.15) is 4.31 Å². The summed E-state index contributed by atoms with van der Waals surface area (Å²) in [6, 6.07) is 16.5. The number of nitrogens with zero attached hydrogens (tertiary/aromatic N) is 1. The van der Waals surface area contributed by atoms with E-state index < -0.39 is 15.3 Å². The standard InChI is InChI=1S/C24H30N2O4S/c1-17-7-14-23(19-5-3-2-4-6-19)31(29,30)26(17)16-18-8-10-20(11-9-18)24(28)25-21-12-13-22(27)15-21/h2-6,8-11,17,21-23,27H,7,12-16H2,1H3,(H,25,28)/t17-,21?,22?,23?/m0/s1. The third-order valence-electron chi connectivity index (χ3n) is 6.49. The first kappa shape index (κ1) is 22.0. The van der Waals surface area contributed by atoms with Crippen LogP contribution in [-0.4, -0.2) is 41.9 Å². The molecule has 4 atom stereocenters. The molecule has 6 nitrogen and oxygen atoms in total. The minimum absolute atomic E-state index is 0.0106. The van der Waals surface area contributed by atoms with Crippen LogP contribution < -0.4 is 5.32 Å². The van der Waals surface area contributed by atoms with E-state index in [1.54, 1.807) is 16.4 Å². The van der Waals surface area contributed by atoms with Gasteiger partial charge < -0.3 is 10.4 Å². The van der Waals surface area contributed by atoms with Gasteiger partial charge in [0.25, 0.3) is 5.91 Å². The number of carbonyl (C=O) groups is 1. The van der Waals surface area contributed by atoms with Crippen molar-refractivity contribution < 1.29 is 18.3 Å². The van der Waals surface area contributed by atoms with Gasteiger partial charge in [0, 0.05) is 24.2 Å². The van der Waals surface area contributed by atoms with Crippen molar-refractivity contribution >= 4 is 15.9 Å². The van der Waals surface area contributed by atoms with Crippen molar-refractivity contribution in [2.45, 2.75) is 69.0 Å². The lowest BCUT2D eigenvalue weighted by Crippen LogP contribution is -2.44. The van der Waals surface area contributed by atoms with Crippen LogP contribution in [-0.2, 0) is 16.6 Å². The van der Waals surface area contributed by atoms with Crippen molar-refractivity contribution in [2.24, 2.45) is 0 Å². The van der Waals surface area contributed by atoms with E-state index in [9.17, 15) is 18.3 Å². The number of amides is 1. The van der Waals surface area contributed by atoms with Gasteiger partial charge in [0.1, 0.15) is 5.25 Å². The Balaban J connectivity index is 1.45. The number of nitrogens with one attached hydrogen (secondary N) is 1. The lowest BCUT2D eigenvalue weighted by Gasteiger charge is -2.37. The molecule has 0 bridgehead atoms. The van der Waals surface area contributed by atoms with Crippen molar-refractivity contribution in [1.82, 2.24) is 9.62 Å². The zero-order chi connectivity index (χ0) is 22.0. The van der Waals surface area contributed by atoms with Crippen LogP contribution in [0.3, 0.4) is 0 Å². The van der Waals surface area contributed by atoms with E-state index in [0.717, 1.165) is 30.4 Å². The fourth-order valence-corrected chi connectivity index (χ4v) is 6.85. The molecule has 166 valence electrons. The van der Waals surface area contributed by atoms with Gasteiger partial charge in [-0.05, 0) is 62.3 Å². The Morgan fingerprint density at radius 1 is 1.03 bits per heavy atom. The molecule has 4 rings (SSSR count). The van der Waals surface area contributed by atoms with Crippen LogP contribution in [0.4, 0.5) is 0 Å². The van der Waals surface area contributed by atoms with E-state index in [-0.39, 0.29) is 24.1 Å². The third-order valence-corrected chi connectivity index (χ3v) is 8.86. The van der Waals surface area contributed by atoms with Gasteiger partial charge in [0.05, 0.1) is 6.10 Å². The Bertz CT molecular complexity index is 1010. The van der Waals surface area contributed by atoms with Crippen LogP contribution in [0.1, 0.15) is 65.8 Å². The van der Waals surface area contributed by atoms with Crippen LogP contribution in [0.2, 0.25) is 0 Å². The van der Waals surface area contributed by atoms with Crippen LogP contribution >= 0.6 is 0 Å². The van der Waals surface area contributed by atoms with Crippen LogP contribution in [0.5, 0.6) is 0 Å². The fraction of sp³-hybridized carbons (Fsp3) is 0.458. The maximum Gasteiger partial charge on any atom is 0.251 e. The molecule has 31 heavy (non-hydrogen) atoms. The van der Waals surface area contributed by atoms with E-state index in [4.69, 9.17) is 0 Å². The molecule has 1 aliphatic heterocycles. The smallest absolute Gasteiger partial charge is 0.251 e. The molecule has 1 heterocycles. The summed E-state index contributed by atoms with van der Waals surface area (Å²) >= 11 is 0. The molecule has 0 spiro atoms. The molecule has 1 aliphatic carbocycles. The SMILES string of the molecule is C[C@H]1CCC(c2ccccc2)S(=O)(=O)N1Cc1ccc(C(=O)NC2CCC(O)C2)cc1. The largest absolute Gasteiger partial charge is 0.393 e. The predicted octanol–water partition coefficient (Wildman–Crippen LogP) is 3.39. The third kappa shape index (κ3) is 4.84.